The highest BCUT2D eigenvalue weighted by Gasteiger charge is 2.39. The highest BCUT2D eigenvalue weighted by Crippen LogP contribution is 2.29. The number of rotatable bonds is 6. The number of halogens is 1. The lowest BCUT2D eigenvalue weighted by Crippen LogP contribution is -2.35. The van der Waals surface area contributed by atoms with Gasteiger partial charge >= 0.3 is 5.97 Å². The third-order valence-corrected chi connectivity index (χ3v) is 5.01. The Bertz CT molecular complexity index is 671. The summed E-state index contributed by atoms with van der Waals surface area (Å²) in [5, 5.41) is 2.61. The lowest BCUT2D eigenvalue weighted by molar-refractivity contribution is -0.152. The van der Waals surface area contributed by atoms with Crippen LogP contribution in [0.3, 0.4) is 0 Å². The van der Waals surface area contributed by atoms with Gasteiger partial charge in [-0.3, -0.25) is 14.4 Å². The molecule has 0 aromatic heterocycles. The molecular weight excluding hydrogens is 339 g/mol. The molecule has 1 N–H and O–H groups in total. The molecule has 0 bridgehead atoms. The standard InChI is InChI=1S/C19H23FN2O4/c20-15-7-5-13(6-8-15)10-21-17(23)12-26-19(25)14-9-18(24)22(11-14)16-3-1-2-4-16/h5-8,14,16H,1-4,9-12H2,(H,21,23)/t14-/m1/s1. The van der Waals surface area contributed by atoms with E-state index >= 15 is 0 Å². The average Bonchev–Trinajstić information content (AvgIpc) is 3.28. The third-order valence-electron chi connectivity index (χ3n) is 5.01. The normalized spacial score (nSPS) is 20.4. The molecule has 0 unspecified atom stereocenters. The van der Waals surface area contributed by atoms with E-state index in [9.17, 15) is 18.8 Å². The molecule has 140 valence electrons. The molecule has 26 heavy (non-hydrogen) atoms. The van der Waals surface area contributed by atoms with E-state index in [1.54, 1.807) is 17.0 Å². The predicted molar refractivity (Wildman–Crippen MR) is 91.3 cm³/mol. The van der Waals surface area contributed by atoms with Crippen LogP contribution in [-0.4, -0.2) is 41.9 Å². The molecule has 2 amide bonds. The summed E-state index contributed by atoms with van der Waals surface area (Å²) in [5.74, 6) is -1.77. The molecule has 1 heterocycles. The SMILES string of the molecule is O=C(COC(=O)[C@@H]1CC(=O)N(C2CCCC2)C1)NCc1ccc(F)cc1. The Morgan fingerprint density at radius 2 is 1.88 bits per heavy atom. The maximum Gasteiger partial charge on any atom is 0.311 e. The molecule has 1 saturated heterocycles. The van der Waals surface area contributed by atoms with Gasteiger partial charge in [0.25, 0.3) is 5.91 Å². The number of nitrogens with zero attached hydrogens (tertiary/aromatic N) is 1. The molecule has 2 aliphatic rings. The second-order valence-corrected chi connectivity index (χ2v) is 6.90. The van der Waals surface area contributed by atoms with Crippen LogP contribution in [0.15, 0.2) is 24.3 Å². The molecule has 1 saturated carbocycles. The fourth-order valence-electron chi connectivity index (χ4n) is 3.57. The predicted octanol–water partition coefficient (Wildman–Crippen LogP) is 1.78. The molecule has 0 spiro atoms. The molecule has 1 atom stereocenters. The Hall–Kier alpha value is -2.44. The molecule has 1 aliphatic carbocycles. The van der Waals surface area contributed by atoms with E-state index in [2.05, 4.69) is 5.32 Å². The summed E-state index contributed by atoms with van der Waals surface area (Å²) in [7, 11) is 0. The first-order valence-corrected chi connectivity index (χ1v) is 9.00. The number of hydrogen-bond donors (Lipinski definition) is 1. The molecule has 1 aromatic carbocycles. The quantitative estimate of drug-likeness (QED) is 0.783. The summed E-state index contributed by atoms with van der Waals surface area (Å²) < 4.78 is 17.9. The van der Waals surface area contributed by atoms with Gasteiger partial charge in [-0.25, -0.2) is 4.39 Å². The van der Waals surface area contributed by atoms with Gasteiger partial charge in [0, 0.05) is 25.6 Å². The highest BCUT2D eigenvalue weighted by atomic mass is 19.1. The van der Waals surface area contributed by atoms with Crippen LogP contribution in [0.1, 0.15) is 37.7 Å². The van der Waals surface area contributed by atoms with Crippen LogP contribution in [-0.2, 0) is 25.7 Å². The smallest absolute Gasteiger partial charge is 0.311 e. The third kappa shape index (κ3) is 4.59. The van der Waals surface area contributed by atoms with Crippen LogP contribution in [0.2, 0.25) is 0 Å². The minimum atomic E-state index is -0.504. The van der Waals surface area contributed by atoms with Crippen molar-refractivity contribution in [3.8, 4) is 0 Å². The minimum absolute atomic E-state index is 0.000360. The lowest BCUT2D eigenvalue weighted by Gasteiger charge is -2.23. The first kappa shape index (κ1) is 18.4. The molecule has 7 heteroatoms. The van der Waals surface area contributed by atoms with Crippen molar-refractivity contribution in [2.45, 2.75) is 44.7 Å². The lowest BCUT2D eigenvalue weighted by atomic mass is 10.1. The minimum Gasteiger partial charge on any atom is -0.455 e. The Kier molecular flexibility index (Phi) is 5.85. The van der Waals surface area contributed by atoms with E-state index in [1.807, 2.05) is 0 Å². The van der Waals surface area contributed by atoms with Gasteiger partial charge in [-0.2, -0.15) is 0 Å². The van der Waals surface area contributed by atoms with Crippen LogP contribution < -0.4 is 5.32 Å². The Morgan fingerprint density at radius 1 is 1.19 bits per heavy atom. The Morgan fingerprint density at radius 3 is 2.58 bits per heavy atom. The summed E-state index contributed by atoms with van der Waals surface area (Å²) in [4.78, 5) is 37.9. The van der Waals surface area contributed by atoms with Crippen molar-refractivity contribution in [1.29, 1.82) is 0 Å². The Balaban J connectivity index is 1.40. The van der Waals surface area contributed by atoms with Gasteiger partial charge in [-0.1, -0.05) is 25.0 Å². The van der Waals surface area contributed by atoms with Crippen molar-refractivity contribution >= 4 is 17.8 Å². The van der Waals surface area contributed by atoms with Gasteiger partial charge in [0.2, 0.25) is 5.91 Å². The number of hydrogen-bond acceptors (Lipinski definition) is 4. The zero-order valence-corrected chi connectivity index (χ0v) is 14.6. The van der Waals surface area contributed by atoms with Crippen LogP contribution >= 0.6 is 0 Å². The van der Waals surface area contributed by atoms with Gasteiger partial charge < -0.3 is 15.0 Å². The summed E-state index contributed by atoms with van der Waals surface area (Å²) in [6.07, 6.45) is 4.40. The first-order valence-electron chi connectivity index (χ1n) is 9.00. The summed E-state index contributed by atoms with van der Waals surface area (Å²) in [6.45, 7) is 0.238. The summed E-state index contributed by atoms with van der Waals surface area (Å²) >= 11 is 0. The summed E-state index contributed by atoms with van der Waals surface area (Å²) in [6, 6.07) is 6.02. The van der Waals surface area contributed by atoms with Gasteiger partial charge in [0.05, 0.1) is 5.92 Å². The van der Waals surface area contributed by atoms with Crippen molar-refractivity contribution in [1.82, 2.24) is 10.2 Å². The highest BCUT2D eigenvalue weighted by molar-refractivity contribution is 5.88. The molecule has 0 radical (unpaired) electrons. The van der Waals surface area contributed by atoms with E-state index in [-0.39, 0.29) is 37.3 Å². The zero-order chi connectivity index (χ0) is 18.5. The molecular formula is C19H23FN2O4. The van der Waals surface area contributed by atoms with E-state index in [0.717, 1.165) is 31.2 Å². The topological polar surface area (TPSA) is 75.7 Å². The first-order chi connectivity index (χ1) is 12.5. The second-order valence-electron chi connectivity index (χ2n) is 6.90. The fourth-order valence-corrected chi connectivity index (χ4v) is 3.57. The van der Waals surface area contributed by atoms with Gasteiger partial charge in [-0.05, 0) is 30.5 Å². The van der Waals surface area contributed by atoms with Crippen molar-refractivity contribution in [3.63, 3.8) is 0 Å². The fraction of sp³-hybridized carbons (Fsp3) is 0.526. The number of ether oxygens (including phenoxy) is 1. The maximum atomic E-state index is 12.8. The monoisotopic (exact) mass is 362 g/mol. The zero-order valence-electron chi connectivity index (χ0n) is 14.6. The second kappa shape index (κ2) is 8.29. The Labute approximate surface area is 151 Å². The number of amides is 2. The van der Waals surface area contributed by atoms with Crippen molar-refractivity contribution < 1.29 is 23.5 Å². The van der Waals surface area contributed by atoms with Crippen LogP contribution in [0.4, 0.5) is 4.39 Å². The van der Waals surface area contributed by atoms with Crippen LogP contribution in [0, 0.1) is 11.7 Å². The van der Waals surface area contributed by atoms with Crippen molar-refractivity contribution in [2.75, 3.05) is 13.2 Å². The number of carbonyl (C=O) groups excluding carboxylic acids is 3. The van der Waals surface area contributed by atoms with E-state index in [1.165, 1.54) is 12.1 Å². The average molecular weight is 362 g/mol. The number of likely N-dealkylation sites (tertiary alicyclic amines) is 1. The molecule has 2 fully saturated rings. The molecule has 6 nitrogen and oxygen atoms in total. The molecule has 1 aromatic rings. The summed E-state index contributed by atoms with van der Waals surface area (Å²) in [5.41, 5.74) is 0.750. The van der Waals surface area contributed by atoms with Gasteiger partial charge in [0.1, 0.15) is 5.82 Å². The van der Waals surface area contributed by atoms with Crippen molar-refractivity contribution in [3.05, 3.63) is 35.6 Å². The van der Waals surface area contributed by atoms with Crippen molar-refractivity contribution in [2.24, 2.45) is 5.92 Å². The van der Waals surface area contributed by atoms with E-state index < -0.39 is 17.8 Å². The van der Waals surface area contributed by atoms with E-state index in [0.29, 0.717) is 6.54 Å². The van der Waals surface area contributed by atoms with Crippen LogP contribution in [0.5, 0.6) is 0 Å². The number of benzene rings is 1. The number of nitrogens with one attached hydrogen (secondary N) is 1. The maximum absolute atomic E-state index is 12.8. The molecule has 1 aliphatic heterocycles. The van der Waals surface area contributed by atoms with Crippen LogP contribution in [0.25, 0.3) is 0 Å². The van der Waals surface area contributed by atoms with Gasteiger partial charge in [-0.15, -0.1) is 0 Å². The van der Waals surface area contributed by atoms with E-state index in [4.69, 9.17) is 4.74 Å². The number of esters is 1. The van der Waals surface area contributed by atoms with Gasteiger partial charge in [0.15, 0.2) is 6.61 Å². The largest absolute Gasteiger partial charge is 0.455 e. The number of carbonyl (C=O) groups is 3. The molecule has 3 rings (SSSR count).